The van der Waals surface area contributed by atoms with E-state index in [1.54, 1.807) is 7.05 Å². The average Bonchev–Trinajstić information content (AvgIpc) is 2.43. The second kappa shape index (κ2) is 10.9. The molecule has 20 heavy (non-hydrogen) atoms. The van der Waals surface area contributed by atoms with Gasteiger partial charge in [0.05, 0.1) is 0 Å². The van der Waals surface area contributed by atoms with E-state index in [0.717, 1.165) is 37.5 Å². The Morgan fingerprint density at radius 1 is 1.30 bits per heavy atom. The Morgan fingerprint density at radius 2 is 1.95 bits per heavy atom. The predicted octanol–water partition coefficient (Wildman–Crippen LogP) is 3.29. The van der Waals surface area contributed by atoms with Crippen LogP contribution in [0.4, 0.5) is 4.39 Å². The fourth-order valence-corrected chi connectivity index (χ4v) is 1.86. The van der Waals surface area contributed by atoms with Gasteiger partial charge in [-0.1, -0.05) is 25.5 Å². The summed E-state index contributed by atoms with van der Waals surface area (Å²) in [5.74, 6) is 0.724. The molecule has 1 rings (SSSR count). The number of nitrogens with one attached hydrogen (secondary N) is 1. The van der Waals surface area contributed by atoms with Crippen molar-refractivity contribution in [1.82, 2.24) is 10.2 Å². The molecule has 1 aromatic carbocycles. The van der Waals surface area contributed by atoms with Gasteiger partial charge in [-0.25, -0.2) is 4.39 Å². The Balaban J connectivity index is 0.00000361. The summed E-state index contributed by atoms with van der Waals surface area (Å²) in [7, 11) is 3.84. The van der Waals surface area contributed by atoms with Crippen LogP contribution in [0, 0.1) is 5.82 Å². The van der Waals surface area contributed by atoms with E-state index in [9.17, 15) is 4.39 Å². The van der Waals surface area contributed by atoms with Gasteiger partial charge in [0, 0.05) is 27.2 Å². The summed E-state index contributed by atoms with van der Waals surface area (Å²) in [6.07, 6.45) is 3.20. The Labute approximate surface area is 138 Å². The molecule has 0 aliphatic carbocycles. The van der Waals surface area contributed by atoms with Gasteiger partial charge in [-0.2, -0.15) is 0 Å². The number of hydrogen-bond acceptors (Lipinski definition) is 1. The molecule has 5 heteroatoms. The summed E-state index contributed by atoms with van der Waals surface area (Å²) in [5, 5.41) is 3.32. The molecule has 0 radical (unpaired) electrons. The van der Waals surface area contributed by atoms with Crippen molar-refractivity contribution in [2.24, 2.45) is 4.99 Å². The second-order valence-corrected chi connectivity index (χ2v) is 4.63. The molecule has 1 aromatic rings. The van der Waals surface area contributed by atoms with Crippen LogP contribution in [0.25, 0.3) is 0 Å². The lowest BCUT2D eigenvalue weighted by atomic mass is 10.1. The van der Waals surface area contributed by atoms with Crippen molar-refractivity contribution in [3.63, 3.8) is 0 Å². The van der Waals surface area contributed by atoms with Crippen LogP contribution in [-0.4, -0.2) is 38.0 Å². The number of unbranched alkanes of at least 4 members (excludes halogenated alkanes) is 1. The quantitative estimate of drug-likeness (QED) is 0.456. The number of hydrogen-bond donors (Lipinski definition) is 1. The summed E-state index contributed by atoms with van der Waals surface area (Å²) in [5.41, 5.74) is 1.13. The molecule has 0 spiro atoms. The van der Waals surface area contributed by atoms with Gasteiger partial charge in [0.25, 0.3) is 0 Å². The third-order valence-electron chi connectivity index (χ3n) is 3.03. The van der Waals surface area contributed by atoms with Crippen LogP contribution >= 0.6 is 24.0 Å². The maximum atomic E-state index is 12.8. The van der Waals surface area contributed by atoms with Crippen LogP contribution in [0.3, 0.4) is 0 Å². The Kier molecular flexibility index (Phi) is 10.4. The number of rotatable bonds is 6. The third-order valence-corrected chi connectivity index (χ3v) is 3.03. The molecule has 0 aromatic heterocycles. The third kappa shape index (κ3) is 7.07. The lowest BCUT2D eigenvalue weighted by Gasteiger charge is -2.21. The van der Waals surface area contributed by atoms with Crippen molar-refractivity contribution in [1.29, 1.82) is 0 Å². The van der Waals surface area contributed by atoms with Gasteiger partial charge < -0.3 is 10.2 Å². The molecule has 0 fully saturated rings. The van der Waals surface area contributed by atoms with Crippen LogP contribution in [0.15, 0.2) is 29.3 Å². The largest absolute Gasteiger partial charge is 0.356 e. The van der Waals surface area contributed by atoms with Gasteiger partial charge in [-0.3, -0.25) is 4.99 Å². The number of benzene rings is 1. The summed E-state index contributed by atoms with van der Waals surface area (Å²) in [6, 6.07) is 6.64. The van der Waals surface area contributed by atoms with Gasteiger partial charge in [0.15, 0.2) is 5.96 Å². The standard InChI is InChI=1S/C15H24FN3.HI/c1-4-5-12-19(3)15(17-2)18-11-10-13-6-8-14(16)9-7-13;/h6-9H,4-5,10-12H2,1-3H3,(H,17,18);1H. The molecule has 0 aliphatic heterocycles. The van der Waals surface area contributed by atoms with Gasteiger partial charge in [-0.15, -0.1) is 24.0 Å². The number of nitrogens with zero attached hydrogens (tertiary/aromatic N) is 2. The van der Waals surface area contributed by atoms with Crippen LogP contribution < -0.4 is 5.32 Å². The average molecular weight is 393 g/mol. The van der Waals surface area contributed by atoms with E-state index in [1.165, 1.54) is 18.6 Å². The molecule has 0 heterocycles. The molecule has 0 atom stereocenters. The fraction of sp³-hybridized carbons (Fsp3) is 0.533. The van der Waals surface area contributed by atoms with Gasteiger partial charge in [0.1, 0.15) is 5.82 Å². The van der Waals surface area contributed by atoms with E-state index in [1.807, 2.05) is 19.2 Å². The highest BCUT2D eigenvalue weighted by Gasteiger charge is 2.04. The highest BCUT2D eigenvalue weighted by Crippen LogP contribution is 2.03. The molecule has 0 saturated carbocycles. The smallest absolute Gasteiger partial charge is 0.193 e. The van der Waals surface area contributed by atoms with Crippen molar-refractivity contribution < 1.29 is 4.39 Å². The highest BCUT2D eigenvalue weighted by molar-refractivity contribution is 14.0. The number of halogens is 2. The van der Waals surface area contributed by atoms with Gasteiger partial charge >= 0.3 is 0 Å². The first kappa shape index (κ1) is 19.1. The van der Waals surface area contributed by atoms with E-state index in [2.05, 4.69) is 22.1 Å². The van der Waals surface area contributed by atoms with Crippen molar-refractivity contribution in [2.75, 3.05) is 27.2 Å². The van der Waals surface area contributed by atoms with Gasteiger partial charge in [-0.05, 0) is 30.5 Å². The molecular formula is C15H25FIN3. The number of guanidine groups is 1. The zero-order chi connectivity index (χ0) is 14.1. The summed E-state index contributed by atoms with van der Waals surface area (Å²) in [4.78, 5) is 6.39. The second-order valence-electron chi connectivity index (χ2n) is 4.63. The van der Waals surface area contributed by atoms with E-state index < -0.39 is 0 Å². The number of aliphatic imine (C=N–C) groups is 1. The Bertz CT molecular complexity index is 393. The topological polar surface area (TPSA) is 27.6 Å². The van der Waals surface area contributed by atoms with E-state index in [-0.39, 0.29) is 29.8 Å². The van der Waals surface area contributed by atoms with Gasteiger partial charge in [0.2, 0.25) is 0 Å². The van der Waals surface area contributed by atoms with Crippen molar-refractivity contribution >= 4 is 29.9 Å². The van der Waals surface area contributed by atoms with Crippen molar-refractivity contribution in [2.45, 2.75) is 26.2 Å². The predicted molar refractivity (Wildman–Crippen MR) is 94.4 cm³/mol. The van der Waals surface area contributed by atoms with E-state index >= 15 is 0 Å². The lowest BCUT2D eigenvalue weighted by Crippen LogP contribution is -2.40. The molecule has 0 bridgehead atoms. The minimum atomic E-state index is -0.188. The van der Waals surface area contributed by atoms with Crippen LogP contribution in [0.2, 0.25) is 0 Å². The van der Waals surface area contributed by atoms with Crippen LogP contribution in [0.1, 0.15) is 25.3 Å². The Morgan fingerprint density at radius 3 is 2.50 bits per heavy atom. The zero-order valence-corrected chi connectivity index (χ0v) is 14.9. The molecule has 0 amide bonds. The minimum absolute atomic E-state index is 0. The normalized spacial score (nSPS) is 10.9. The summed E-state index contributed by atoms with van der Waals surface area (Å²) >= 11 is 0. The molecule has 1 N–H and O–H groups in total. The highest BCUT2D eigenvalue weighted by atomic mass is 127. The maximum Gasteiger partial charge on any atom is 0.193 e. The summed E-state index contributed by atoms with van der Waals surface area (Å²) < 4.78 is 12.8. The lowest BCUT2D eigenvalue weighted by molar-refractivity contribution is 0.465. The molecule has 0 aliphatic rings. The summed E-state index contributed by atoms with van der Waals surface area (Å²) in [6.45, 7) is 3.99. The molecule has 0 saturated heterocycles. The first-order chi connectivity index (χ1) is 9.17. The minimum Gasteiger partial charge on any atom is -0.356 e. The van der Waals surface area contributed by atoms with E-state index in [0.29, 0.717) is 0 Å². The van der Waals surface area contributed by atoms with Crippen molar-refractivity contribution in [3.05, 3.63) is 35.6 Å². The van der Waals surface area contributed by atoms with Crippen molar-refractivity contribution in [3.8, 4) is 0 Å². The maximum absolute atomic E-state index is 12.8. The molecule has 0 unspecified atom stereocenters. The molecule has 114 valence electrons. The fourth-order valence-electron chi connectivity index (χ4n) is 1.86. The Hall–Kier alpha value is -0.850. The zero-order valence-electron chi connectivity index (χ0n) is 12.5. The SMILES string of the molecule is CCCCN(C)C(=NC)NCCc1ccc(F)cc1.I. The monoisotopic (exact) mass is 393 g/mol. The van der Waals surface area contributed by atoms with Crippen LogP contribution in [0.5, 0.6) is 0 Å². The van der Waals surface area contributed by atoms with E-state index in [4.69, 9.17) is 0 Å². The molecular weight excluding hydrogens is 368 g/mol. The first-order valence-corrected chi connectivity index (χ1v) is 6.83. The first-order valence-electron chi connectivity index (χ1n) is 6.83. The van der Waals surface area contributed by atoms with Crippen LogP contribution in [-0.2, 0) is 6.42 Å². The molecule has 3 nitrogen and oxygen atoms in total.